The highest BCUT2D eigenvalue weighted by atomic mass is 35.5. The van der Waals surface area contributed by atoms with Crippen LogP contribution in [0.2, 0.25) is 10.2 Å². The van der Waals surface area contributed by atoms with E-state index in [1.807, 2.05) is 17.7 Å². The third kappa shape index (κ3) is 6.37. The Morgan fingerprint density at radius 1 is 1.36 bits per heavy atom. The summed E-state index contributed by atoms with van der Waals surface area (Å²) in [6.45, 7) is 6.99. The number of ether oxygens (including phenoxy) is 1. The van der Waals surface area contributed by atoms with Gasteiger partial charge in [-0.2, -0.15) is 0 Å². The molecule has 0 amide bonds. The van der Waals surface area contributed by atoms with Crippen LogP contribution in [0.25, 0.3) is 0 Å². The van der Waals surface area contributed by atoms with Gasteiger partial charge in [-0.15, -0.1) is 0 Å². The van der Waals surface area contributed by atoms with Crippen LogP contribution < -0.4 is 10.6 Å². The van der Waals surface area contributed by atoms with E-state index in [0.717, 1.165) is 50.5 Å². The Morgan fingerprint density at radius 3 is 2.68 bits per heavy atom. The minimum absolute atomic E-state index is 0.522. The number of aliphatic imine (C=N–C) groups is 1. The van der Waals surface area contributed by atoms with E-state index in [2.05, 4.69) is 27.4 Å². The molecule has 1 aromatic heterocycles. The maximum absolute atomic E-state index is 6.11. The van der Waals surface area contributed by atoms with E-state index in [-0.39, 0.29) is 0 Å². The second-order valence-electron chi connectivity index (χ2n) is 6.22. The molecule has 0 aliphatic heterocycles. The maximum Gasteiger partial charge on any atom is 0.191 e. The molecule has 0 bridgehead atoms. The van der Waals surface area contributed by atoms with Crippen molar-refractivity contribution < 1.29 is 4.74 Å². The van der Waals surface area contributed by atoms with E-state index in [1.165, 1.54) is 12.8 Å². The molecule has 1 aliphatic rings. The van der Waals surface area contributed by atoms with E-state index in [9.17, 15) is 0 Å². The monoisotopic (exact) mass is 389 g/mol. The lowest BCUT2D eigenvalue weighted by atomic mass is 10.4. The molecule has 0 aromatic carbocycles. The van der Waals surface area contributed by atoms with Gasteiger partial charge in [0.1, 0.15) is 5.15 Å². The van der Waals surface area contributed by atoms with Crippen molar-refractivity contribution in [1.82, 2.24) is 20.1 Å². The summed E-state index contributed by atoms with van der Waals surface area (Å²) in [6.07, 6.45) is 2.60. The molecule has 0 radical (unpaired) electrons. The summed E-state index contributed by atoms with van der Waals surface area (Å²) in [6, 6.07) is 2.58. The summed E-state index contributed by atoms with van der Waals surface area (Å²) in [5.74, 6) is 0.804. The Hall–Kier alpha value is -0.950. The lowest BCUT2D eigenvalue weighted by Crippen LogP contribution is -2.42. The minimum atomic E-state index is 0.522. The van der Waals surface area contributed by atoms with Crippen molar-refractivity contribution in [2.45, 2.75) is 32.4 Å². The molecule has 6 nitrogen and oxygen atoms in total. The van der Waals surface area contributed by atoms with Crippen molar-refractivity contribution >= 4 is 29.2 Å². The smallest absolute Gasteiger partial charge is 0.191 e. The average molecular weight is 390 g/mol. The van der Waals surface area contributed by atoms with Crippen LogP contribution in [-0.4, -0.2) is 61.4 Å². The lowest BCUT2D eigenvalue weighted by Gasteiger charge is -2.22. The first kappa shape index (κ1) is 20.4. The number of aromatic nitrogens is 1. The van der Waals surface area contributed by atoms with E-state index < -0.39 is 0 Å². The van der Waals surface area contributed by atoms with Crippen molar-refractivity contribution in [3.63, 3.8) is 0 Å². The number of nitrogens with one attached hydrogen (secondary N) is 2. The molecule has 2 N–H and O–H groups in total. The molecule has 0 spiro atoms. The third-order valence-electron chi connectivity index (χ3n) is 4.30. The van der Waals surface area contributed by atoms with E-state index in [4.69, 9.17) is 27.9 Å². The van der Waals surface area contributed by atoms with Gasteiger partial charge in [0.2, 0.25) is 0 Å². The zero-order chi connectivity index (χ0) is 18.2. The highest BCUT2D eigenvalue weighted by Crippen LogP contribution is 2.26. The highest BCUT2D eigenvalue weighted by molar-refractivity contribution is 6.41. The first-order valence-corrected chi connectivity index (χ1v) is 9.57. The second-order valence-corrected chi connectivity index (χ2v) is 6.98. The SMILES string of the molecule is CCNC(=NCc1cc(Cl)c(Cl)n1C)NCCN(CCOC)C1CC1. The van der Waals surface area contributed by atoms with Crippen LogP contribution in [0.1, 0.15) is 25.5 Å². The van der Waals surface area contributed by atoms with Gasteiger partial charge >= 0.3 is 0 Å². The fraction of sp³-hybridized carbons (Fsp3) is 0.706. The number of rotatable bonds is 10. The molecule has 1 heterocycles. The first-order valence-electron chi connectivity index (χ1n) is 8.81. The van der Waals surface area contributed by atoms with Gasteiger partial charge in [-0.05, 0) is 25.8 Å². The van der Waals surface area contributed by atoms with Gasteiger partial charge in [0, 0.05) is 52.1 Å². The molecule has 8 heteroatoms. The molecule has 0 unspecified atom stereocenters. The first-order chi connectivity index (χ1) is 12.1. The predicted octanol–water partition coefficient (Wildman–Crippen LogP) is 2.50. The van der Waals surface area contributed by atoms with Crippen LogP contribution in [0.4, 0.5) is 0 Å². The minimum Gasteiger partial charge on any atom is -0.383 e. The fourth-order valence-corrected chi connectivity index (χ4v) is 3.10. The van der Waals surface area contributed by atoms with E-state index >= 15 is 0 Å². The number of methoxy groups -OCH3 is 1. The lowest BCUT2D eigenvalue weighted by molar-refractivity contribution is 0.144. The van der Waals surface area contributed by atoms with Gasteiger partial charge in [0.25, 0.3) is 0 Å². The Labute approximate surface area is 160 Å². The van der Waals surface area contributed by atoms with E-state index in [0.29, 0.717) is 16.7 Å². The fourth-order valence-electron chi connectivity index (χ4n) is 2.69. The van der Waals surface area contributed by atoms with Gasteiger partial charge < -0.3 is 19.9 Å². The Balaban J connectivity index is 1.85. The number of hydrogen-bond acceptors (Lipinski definition) is 3. The number of halogens is 2. The number of nitrogens with zero attached hydrogens (tertiary/aromatic N) is 3. The average Bonchev–Trinajstić information content (AvgIpc) is 3.41. The highest BCUT2D eigenvalue weighted by Gasteiger charge is 2.28. The molecule has 0 atom stereocenters. The zero-order valence-electron chi connectivity index (χ0n) is 15.3. The van der Waals surface area contributed by atoms with Gasteiger partial charge in [0.05, 0.1) is 18.2 Å². The van der Waals surface area contributed by atoms with Crippen molar-refractivity contribution in [2.75, 3.05) is 39.9 Å². The van der Waals surface area contributed by atoms with E-state index in [1.54, 1.807) is 7.11 Å². The second kappa shape index (κ2) is 10.3. The molecular weight excluding hydrogens is 361 g/mol. The molecule has 25 heavy (non-hydrogen) atoms. The van der Waals surface area contributed by atoms with Crippen LogP contribution >= 0.6 is 23.2 Å². The summed E-state index contributed by atoms with van der Waals surface area (Å²) in [7, 11) is 3.64. The van der Waals surface area contributed by atoms with Gasteiger partial charge in [-0.1, -0.05) is 23.2 Å². The largest absolute Gasteiger partial charge is 0.383 e. The summed E-state index contributed by atoms with van der Waals surface area (Å²) in [5, 5.41) is 7.78. The molecule has 1 fully saturated rings. The molecule has 142 valence electrons. The van der Waals surface area contributed by atoms with Crippen molar-refractivity contribution in [1.29, 1.82) is 0 Å². The van der Waals surface area contributed by atoms with Crippen LogP contribution in [0.3, 0.4) is 0 Å². The quantitative estimate of drug-likeness (QED) is 0.476. The van der Waals surface area contributed by atoms with Crippen LogP contribution in [0.5, 0.6) is 0 Å². The van der Waals surface area contributed by atoms with Gasteiger partial charge in [0.15, 0.2) is 5.96 Å². The van der Waals surface area contributed by atoms with Crippen LogP contribution in [0, 0.1) is 0 Å². The predicted molar refractivity (Wildman–Crippen MR) is 105 cm³/mol. The van der Waals surface area contributed by atoms with Crippen LogP contribution in [-0.2, 0) is 18.3 Å². The summed E-state index contributed by atoms with van der Waals surface area (Å²) in [4.78, 5) is 7.11. The van der Waals surface area contributed by atoms with Gasteiger partial charge in [-0.3, -0.25) is 4.90 Å². The molecule has 0 saturated heterocycles. The topological polar surface area (TPSA) is 53.8 Å². The van der Waals surface area contributed by atoms with Crippen LogP contribution in [0.15, 0.2) is 11.1 Å². The zero-order valence-corrected chi connectivity index (χ0v) is 16.8. The normalized spacial score (nSPS) is 15.0. The number of guanidine groups is 1. The summed E-state index contributed by atoms with van der Waals surface area (Å²) >= 11 is 12.2. The summed E-state index contributed by atoms with van der Waals surface area (Å²) < 4.78 is 7.06. The Kier molecular flexibility index (Phi) is 8.36. The molecule has 1 aromatic rings. The molecule has 1 saturated carbocycles. The molecule has 2 rings (SSSR count). The molecular formula is C17H29Cl2N5O. The molecule has 1 aliphatic carbocycles. The van der Waals surface area contributed by atoms with Crippen molar-refractivity contribution in [3.8, 4) is 0 Å². The third-order valence-corrected chi connectivity index (χ3v) is 5.14. The Morgan fingerprint density at radius 2 is 2.12 bits per heavy atom. The maximum atomic E-state index is 6.11. The van der Waals surface area contributed by atoms with Crippen molar-refractivity contribution in [2.24, 2.45) is 12.0 Å². The van der Waals surface area contributed by atoms with Gasteiger partial charge in [-0.25, -0.2) is 4.99 Å². The Bertz CT molecular complexity index is 572. The number of hydrogen-bond donors (Lipinski definition) is 2. The summed E-state index contributed by atoms with van der Waals surface area (Å²) in [5.41, 5.74) is 0.979. The van der Waals surface area contributed by atoms with Crippen molar-refractivity contribution in [3.05, 3.63) is 21.9 Å². The standard InChI is InChI=1S/C17H29Cl2N5O/c1-4-20-17(22-12-14-11-15(18)16(19)23(14)2)21-7-8-24(9-10-25-3)13-5-6-13/h11,13H,4-10,12H2,1-3H3,(H2,20,21,22).